The SMILES string of the molecule is Cc1ccc(S(=O)(=O)c2ccc(-n3cc(C(=O)c4ccccc4O)cn3)cc2)cc1. The topological polar surface area (TPSA) is 89.3 Å². The largest absolute Gasteiger partial charge is 0.507 e. The van der Waals surface area contributed by atoms with Gasteiger partial charge in [0.25, 0.3) is 0 Å². The zero-order chi connectivity index (χ0) is 21.3. The number of aryl methyl sites for hydroxylation is 1. The minimum atomic E-state index is -3.62. The van der Waals surface area contributed by atoms with Gasteiger partial charge in [0, 0.05) is 6.20 Å². The number of rotatable bonds is 5. The minimum absolute atomic E-state index is 0.0964. The van der Waals surface area contributed by atoms with Crippen LogP contribution in [0.1, 0.15) is 21.5 Å². The molecule has 6 nitrogen and oxygen atoms in total. The summed E-state index contributed by atoms with van der Waals surface area (Å²) in [5.41, 5.74) is 2.09. The van der Waals surface area contributed by atoms with E-state index in [1.807, 2.05) is 6.92 Å². The molecule has 150 valence electrons. The lowest BCUT2D eigenvalue weighted by Crippen LogP contribution is -2.03. The summed E-state index contributed by atoms with van der Waals surface area (Å²) in [6, 6.07) is 19.3. The number of phenolic OH excluding ortho intramolecular Hbond substituents is 1. The maximum absolute atomic E-state index is 12.8. The summed E-state index contributed by atoms with van der Waals surface area (Å²) in [5, 5.41) is 14.1. The average Bonchev–Trinajstić information content (AvgIpc) is 3.24. The van der Waals surface area contributed by atoms with E-state index in [0.717, 1.165) is 5.56 Å². The summed E-state index contributed by atoms with van der Waals surface area (Å²) in [5.74, 6) is -0.446. The average molecular weight is 418 g/mol. The summed E-state index contributed by atoms with van der Waals surface area (Å²) in [6.07, 6.45) is 2.95. The van der Waals surface area contributed by atoms with Gasteiger partial charge in [-0.3, -0.25) is 4.79 Å². The second-order valence-corrected chi connectivity index (χ2v) is 8.78. The molecule has 1 aromatic heterocycles. The minimum Gasteiger partial charge on any atom is -0.507 e. The van der Waals surface area contributed by atoms with Crippen LogP contribution < -0.4 is 0 Å². The fraction of sp³-hybridized carbons (Fsp3) is 0.0435. The molecule has 0 aliphatic rings. The number of phenols is 1. The number of aromatic nitrogens is 2. The normalized spacial score (nSPS) is 11.4. The summed E-state index contributed by atoms with van der Waals surface area (Å²) in [6.45, 7) is 1.90. The highest BCUT2D eigenvalue weighted by molar-refractivity contribution is 7.91. The molecule has 1 heterocycles. The first-order valence-electron chi connectivity index (χ1n) is 9.16. The Bertz CT molecular complexity index is 1320. The van der Waals surface area contributed by atoms with Crippen molar-refractivity contribution < 1.29 is 18.3 Å². The number of ketones is 1. The fourth-order valence-electron chi connectivity index (χ4n) is 3.03. The maximum Gasteiger partial charge on any atom is 0.206 e. The standard InChI is InChI=1S/C23H18N2O4S/c1-16-6-10-19(11-7-16)30(28,29)20-12-8-18(9-13-20)25-15-17(14-24-25)23(27)21-4-2-3-5-22(21)26/h2-15,26H,1H3. The van der Waals surface area contributed by atoms with Crippen LogP contribution in [0.4, 0.5) is 0 Å². The molecule has 0 saturated heterocycles. The van der Waals surface area contributed by atoms with E-state index in [0.29, 0.717) is 11.3 Å². The fourth-order valence-corrected chi connectivity index (χ4v) is 4.29. The van der Waals surface area contributed by atoms with Gasteiger partial charge in [-0.1, -0.05) is 29.8 Å². The number of aromatic hydroxyl groups is 1. The van der Waals surface area contributed by atoms with Gasteiger partial charge in [-0.25, -0.2) is 13.1 Å². The molecular formula is C23H18N2O4S. The van der Waals surface area contributed by atoms with Gasteiger partial charge in [-0.05, 0) is 55.5 Å². The van der Waals surface area contributed by atoms with Gasteiger partial charge in [0.2, 0.25) is 9.84 Å². The smallest absolute Gasteiger partial charge is 0.206 e. The zero-order valence-electron chi connectivity index (χ0n) is 16.1. The molecule has 0 fully saturated rings. The number of benzene rings is 3. The highest BCUT2D eigenvalue weighted by atomic mass is 32.2. The molecule has 4 rings (SSSR count). The summed E-state index contributed by atoms with van der Waals surface area (Å²) in [4.78, 5) is 13.0. The number of sulfone groups is 1. The number of para-hydroxylation sites is 1. The van der Waals surface area contributed by atoms with Crippen LogP contribution in [0.25, 0.3) is 5.69 Å². The van der Waals surface area contributed by atoms with Gasteiger partial charge in [-0.15, -0.1) is 0 Å². The van der Waals surface area contributed by atoms with Crippen LogP contribution >= 0.6 is 0 Å². The number of carbonyl (C=O) groups excluding carboxylic acids is 1. The summed E-state index contributed by atoms with van der Waals surface area (Å²) in [7, 11) is -3.62. The van der Waals surface area contributed by atoms with Crippen molar-refractivity contribution in [2.24, 2.45) is 0 Å². The van der Waals surface area contributed by atoms with E-state index in [1.54, 1.807) is 54.6 Å². The van der Waals surface area contributed by atoms with E-state index < -0.39 is 9.84 Å². The van der Waals surface area contributed by atoms with E-state index in [9.17, 15) is 18.3 Å². The van der Waals surface area contributed by atoms with Crippen molar-refractivity contribution in [2.75, 3.05) is 0 Å². The first-order chi connectivity index (χ1) is 14.4. The van der Waals surface area contributed by atoms with Crippen molar-refractivity contribution in [3.8, 4) is 11.4 Å². The lowest BCUT2D eigenvalue weighted by Gasteiger charge is -2.07. The van der Waals surface area contributed by atoms with E-state index in [4.69, 9.17) is 0 Å². The van der Waals surface area contributed by atoms with Crippen LogP contribution in [0.3, 0.4) is 0 Å². The molecule has 7 heteroatoms. The van der Waals surface area contributed by atoms with E-state index >= 15 is 0 Å². The van der Waals surface area contributed by atoms with Gasteiger partial charge in [0.05, 0.1) is 32.8 Å². The quantitative estimate of drug-likeness (QED) is 0.496. The number of hydrogen-bond donors (Lipinski definition) is 1. The Hall–Kier alpha value is -3.71. The van der Waals surface area contributed by atoms with Crippen molar-refractivity contribution >= 4 is 15.6 Å². The van der Waals surface area contributed by atoms with E-state index in [-0.39, 0.29) is 26.9 Å². The Balaban J connectivity index is 1.60. The predicted octanol–water partition coefficient (Wildman–Crippen LogP) is 3.95. The molecule has 0 radical (unpaired) electrons. The Morgan fingerprint density at radius 1 is 0.900 bits per heavy atom. The third-order valence-electron chi connectivity index (χ3n) is 4.74. The molecule has 1 N–H and O–H groups in total. The van der Waals surface area contributed by atoms with Crippen molar-refractivity contribution in [1.29, 1.82) is 0 Å². The summed E-state index contributed by atoms with van der Waals surface area (Å²) >= 11 is 0. The van der Waals surface area contributed by atoms with E-state index in [1.165, 1.54) is 35.3 Å². The third kappa shape index (κ3) is 3.62. The summed E-state index contributed by atoms with van der Waals surface area (Å²) < 4.78 is 27.1. The van der Waals surface area contributed by atoms with Gasteiger partial charge in [-0.2, -0.15) is 5.10 Å². The highest BCUT2D eigenvalue weighted by Crippen LogP contribution is 2.23. The van der Waals surface area contributed by atoms with Crippen LogP contribution in [-0.2, 0) is 9.84 Å². The molecule has 0 aliphatic carbocycles. The van der Waals surface area contributed by atoms with Gasteiger partial charge in [0.15, 0.2) is 5.78 Å². The molecular weight excluding hydrogens is 400 g/mol. The monoisotopic (exact) mass is 418 g/mol. The van der Waals surface area contributed by atoms with Crippen molar-refractivity contribution in [2.45, 2.75) is 16.7 Å². The molecule has 0 aliphatic heterocycles. The van der Waals surface area contributed by atoms with Gasteiger partial charge in [0.1, 0.15) is 5.75 Å². The molecule has 0 atom stereocenters. The number of carbonyl (C=O) groups is 1. The molecule has 4 aromatic rings. The molecule has 0 bridgehead atoms. The maximum atomic E-state index is 12.8. The first-order valence-corrected chi connectivity index (χ1v) is 10.6. The molecule has 0 spiro atoms. The zero-order valence-corrected chi connectivity index (χ0v) is 16.9. The van der Waals surface area contributed by atoms with Crippen LogP contribution in [-0.4, -0.2) is 29.1 Å². The van der Waals surface area contributed by atoms with Crippen LogP contribution in [0, 0.1) is 6.92 Å². The Labute approximate surface area is 174 Å². The van der Waals surface area contributed by atoms with Gasteiger partial charge >= 0.3 is 0 Å². The van der Waals surface area contributed by atoms with Crippen molar-refractivity contribution in [3.05, 3.63) is 102 Å². The Morgan fingerprint density at radius 3 is 2.13 bits per heavy atom. The third-order valence-corrected chi connectivity index (χ3v) is 6.52. The molecule has 3 aromatic carbocycles. The van der Waals surface area contributed by atoms with Crippen LogP contribution in [0.2, 0.25) is 0 Å². The second-order valence-electron chi connectivity index (χ2n) is 6.83. The van der Waals surface area contributed by atoms with Crippen LogP contribution in [0.5, 0.6) is 5.75 Å². The lowest BCUT2D eigenvalue weighted by molar-refractivity contribution is 0.103. The van der Waals surface area contributed by atoms with E-state index in [2.05, 4.69) is 5.10 Å². The first kappa shape index (κ1) is 19.6. The van der Waals surface area contributed by atoms with Gasteiger partial charge < -0.3 is 5.11 Å². The Morgan fingerprint density at radius 2 is 1.50 bits per heavy atom. The van der Waals surface area contributed by atoms with Crippen molar-refractivity contribution in [3.63, 3.8) is 0 Å². The molecule has 30 heavy (non-hydrogen) atoms. The molecule has 0 amide bonds. The second kappa shape index (κ2) is 7.61. The van der Waals surface area contributed by atoms with Crippen molar-refractivity contribution in [1.82, 2.24) is 9.78 Å². The number of hydrogen-bond acceptors (Lipinski definition) is 5. The predicted molar refractivity (Wildman–Crippen MR) is 112 cm³/mol. The Kier molecular flexibility index (Phi) is 4.97. The van der Waals surface area contributed by atoms with Crippen LogP contribution in [0.15, 0.2) is 95.0 Å². The number of nitrogens with zero attached hydrogens (tertiary/aromatic N) is 2. The molecule has 0 saturated carbocycles. The highest BCUT2D eigenvalue weighted by Gasteiger charge is 2.18. The lowest BCUT2D eigenvalue weighted by atomic mass is 10.1. The molecule has 0 unspecified atom stereocenters.